The Morgan fingerprint density at radius 2 is 1.00 bits per heavy atom. The summed E-state index contributed by atoms with van der Waals surface area (Å²) in [5.41, 5.74) is 3.39. The first-order chi connectivity index (χ1) is 20.9. The lowest BCUT2D eigenvalue weighted by atomic mass is 9.97. The van der Waals surface area contributed by atoms with E-state index in [1.807, 2.05) is 91.8 Å². The highest BCUT2D eigenvalue weighted by molar-refractivity contribution is 5.79. The zero-order chi connectivity index (χ0) is 31.7. The number of carbonyl (C=O) groups excluding carboxylic acids is 2. The number of nitrogens with zero attached hydrogens (tertiary/aromatic N) is 2. The van der Waals surface area contributed by atoms with Gasteiger partial charge < -0.3 is 30.1 Å². The van der Waals surface area contributed by atoms with Crippen molar-refractivity contribution in [2.75, 3.05) is 0 Å². The Labute approximate surface area is 258 Å². The van der Waals surface area contributed by atoms with Crippen LogP contribution in [0.5, 0.6) is 23.0 Å². The molecule has 0 saturated carbocycles. The number of amides is 2. The van der Waals surface area contributed by atoms with Crippen LogP contribution in [0.2, 0.25) is 0 Å². The van der Waals surface area contributed by atoms with Crippen LogP contribution in [-0.4, -0.2) is 31.8 Å². The Morgan fingerprint density at radius 1 is 0.614 bits per heavy atom. The van der Waals surface area contributed by atoms with E-state index < -0.39 is 0 Å². The summed E-state index contributed by atoms with van der Waals surface area (Å²) >= 11 is 0. The molecule has 2 aromatic heterocycles. The predicted molar refractivity (Wildman–Crippen MR) is 169 cm³/mol. The molecule has 4 atom stereocenters. The third-order valence-electron chi connectivity index (χ3n) is 8.51. The van der Waals surface area contributed by atoms with Crippen LogP contribution in [0.3, 0.4) is 0 Å². The van der Waals surface area contributed by atoms with Gasteiger partial charge in [0.05, 0.1) is 35.9 Å². The van der Waals surface area contributed by atoms with Crippen molar-refractivity contribution in [2.45, 2.75) is 67.5 Å². The summed E-state index contributed by atoms with van der Waals surface area (Å²) in [6, 6.07) is 10.9. The normalized spacial score (nSPS) is 15.0. The maximum atomic E-state index is 12.5. The van der Waals surface area contributed by atoms with Crippen molar-refractivity contribution >= 4 is 11.8 Å². The van der Waals surface area contributed by atoms with Crippen LogP contribution >= 0.6 is 0 Å². The number of ether oxygens (including phenoxy) is 2. The van der Waals surface area contributed by atoms with Gasteiger partial charge in [-0.25, -0.2) is 9.97 Å². The zero-order valence-electron chi connectivity index (χ0n) is 26.6. The number of rotatable bonds is 10. The lowest BCUT2D eigenvalue weighted by molar-refractivity contribution is -0.127. The Morgan fingerprint density at radius 3 is 1.36 bits per heavy atom. The number of imidazole rings is 2. The quantitative estimate of drug-likeness (QED) is 0.133. The smallest absolute Gasteiger partial charge is 0.223 e. The summed E-state index contributed by atoms with van der Waals surface area (Å²) in [6.45, 7) is 15.8. The molecule has 2 aromatic carbocycles. The molecule has 1 aliphatic heterocycles. The van der Waals surface area contributed by atoms with Crippen LogP contribution in [0.1, 0.15) is 79.1 Å². The molecule has 4 N–H and O–H groups in total. The van der Waals surface area contributed by atoms with Crippen molar-refractivity contribution in [3.63, 3.8) is 0 Å². The summed E-state index contributed by atoms with van der Waals surface area (Å²) < 4.78 is 12.5. The van der Waals surface area contributed by atoms with E-state index in [2.05, 4.69) is 30.6 Å². The predicted octanol–water partition coefficient (Wildman–Crippen LogP) is 7.30. The lowest BCUT2D eigenvalue weighted by Gasteiger charge is -2.21. The number of hydrogen-bond acceptors (Lipinski definition) is 6. The maximum absolute atomic E-state index is 12.5. The Bertz CT molecular complexity index is 1530. The molecule has 0 aliphatic carbocycles. The topological polar surface area (TPSA) is 134 Å². The van der Waals surface area contributed by atoms with E-state index in [0.717, 1.165) is 22.5 Å². The molecule has 232 valence electrons. The average Bonchev–Trinajstić information content (AvgIpc) is 3.69. The van der Waals surface area contributed by atoms with Crippen molar-refractivity contribution in [1.29, 1.82) is 0 Å². The first kappa shape index (κ1) is 30.8. The number of nitrogens with one attached hydrogen (secondary N) is 4. The number of aromatic amines is 2. The highest BCUT2D eigenvalue weighted by atomic mass is 16.6. The Balaban J connectivity index is 1.26. The Hall–Kier alpha value is -4.60. The average molecular weight is 599 g/mol. The van der Waals surface area contributed by atoms with Crippen molar-refractivity contribution in [3.05, 3.63) is 60.4 Å². The molecular formula is C34H42N6O4. The first-order valence-corrected chi connectivity index (χ1v) is 15.3. The van der Waals surface area contributed by atoms with E-state index in [1.54, 1.807) is 12.4 Å². The second-order valence-electron chi connectivity index (χ2n) is 12.4. The summed E-state index contributed by atoms with van der Waals surface area (Å²) in [7, 11) is 0. The van der Waals surface area contributed by atoms with Crippen LogP contribution in [0.15, 0.2) is 48.8 Å². The molecule has 10 heteroatoms. The molecule has 0 fully saturated rings. The van der Waals surface area contributed by atoms with Gasteiger partial charge >= 0.3 is 0 Å². The van der Waals surface area contributed by atoms with Gasteiger partial charge in [0.2, 0.25) is 11.8 Å². The summed E-state index contributed by atoms with van der Waals surface area (Å²) in [5, 5.41) is 6.08. The lowest BCUT2D eigenvalue weighted by Crippen LogP contribution is -2.34. The van der Waals surface area contributed by atoms with Gasteiger partial charge in [0.25, 0.3) is 0 Å². The molecule has 4 unspecified atom stereocenters. The molecule has 3 heterocycles. The van der Waals surface area contributed by atoms with Gasteiger partial charge in [-0.2, -0.15) is 0 Å². The van der Waals surface area contributed by atoms with Gasteiger partial charge in [-0.05, 0) is 62.1 Å². The number of hydrogen-bond donors (Lipinski definition) is 4. The molecule has 5 rings (SSSR count). The zero-order valence-corrected chi connectivity index (χ0v) is 26.6. The van der Waals surface area contributed by atoms with Gasteiger partial charge in [-0.1, -0.05) is 41.5 Å². The molecule has 0 saturated heterocycles. The second kappa shape index (κ2) is 12.6. The monoisotopic (exact) mass is 598 g/mol. The molecule has 4 aromatic rings. The van der Waals surface area contributed by atoms with Crippen molar-refractivity contribution in [3.8, 4) is 45.5 Å². The highest BCUT2D eigenvalue weighted by Gasteiger charge is 2.24. The van der Waals surface area contributed by atoms with Gasteiger partial charge in [0, 0.05) is 23.0 Å². The summed E-state index contributed by atoms with van der Waals surface area (Å²) in [6.07, 6.45) is 3.51. The molecule has 10 nitrogen and oxygen atoms in total. The van der Waals surface area contributed by atoms with Crippen LogP contribution in [0, 0.1) is 23.7 Å². The summed E-state index contributed by atoms with van der Waals surface area (Å²) in [4.78, 5) is 40.7. The van der Waals surface area contributed by atoms with Crippen LogP contribution in [0.25, 0.3) is 22.5 Å². The minimum atomic E-state index is -0.253. The number of fused-ring (bicyclic) bond motifs is 2. The fourth-order valence-electron chi connectivity index (χ4n) is 4.75. The molecule has 1 aliphatic rings. The van der Waals surface area contributed by atoms with Crippen LogP contribution in [-0.2, 0) is 9.59 Å². The van der Waals surface area contributed by atoms with E-state index >= 15 is 0 Å². The first-order valence-electron chi connectivity index (χ1n) is 15.3. The minimum absolute atomic E-state index is 0.00870. The molecular weight excluding hydrogens is 556 g/mol. The molecule has 0 bridgehead atoms. The second-order valence-corrected chi connectivity index (χ2v) is 12.4. The highest BCUT2D eigenvalue weighted by Crippen LogP contribution is 2.47. The number of H-pyrrole nitrogens is 2. The number of carbonyl (C=O) groups is 2. The fourth-order valence-corrected chi connectivity index (χ4v) is 4.75. The molecule has 0 spiro atoms. The fraction of sp³-hybridized carbons (Fsp3) is 0.412. The van der Waals surface area contributed by atoms with E-state index in [-0.39, 0.29) is 47.6 Å². The Kier molecular flexibility index (Phi) is 8.80. The van der Waals surface area contributed by atoms with Crippen molar-refractivity contribution in [2.24, 2.45) is 23.7 Å². The van der Waals surface area contributed by atoms with Gasteiger partial charge in [0.15, 0.2) is 23.0 Å². The minimum Gasteiger partial charge on any atom is -0.449 e. The van der Waals surface area contributed by atoms with Crippen LogP contribution < -0.4 is 20.1 Å². The van der Waals surface area contributed by atoms with Crippen molar-refractivity contribution in [1.82, 2.24) is 30.6 Å². The third-order valence-corrected chi connectivity index (χ3v) is 8.51. The number of aromatic nitrogens is 4. The third kappa shape index (κ3) is 6.49. The van der Waals surface area contributed by atoms with Crippen molar-refractivity contribution < 1.29 is 19.1 Å². The van der Waals surface area contributed by atoms with Gasteiger partial charge in [-0.3, -0.25) is 9.59 Å². The SMILES string of the molecule is CC(NC(=O)C(C)C(C)C)c1ncc(-c2ccc3c(c2)Oc2ccc(-c4cnc(C(C)NC(=O)C(C)C(C)C)[nH]4)cc2O3)[nH]1. The van der Waals surface area contributed by atoms with Gasteiger partial charge in [0.1, 0.15) is 11.6 Å². The molecule has 44 heavy (non-hydrogen) atoms. The van der Waals surface area contributed by atoms with Gasteiger partial charge in [-0.15, -0.1) is 0 Å². The van der Waals surface area contributed by atoms with E-state index in [9.17, 15) is 9.59 Å². The standard InChI is InChI=1S/C34H42N6O4/c1-17(2)19(5)33(41)37-21(7)31-35-15-25(39-31)23-9-11-27-29(13-23)43-28-12-10-24(14-30(28)44-27)26-16-36-32(40-26)22(8)38-34(42)20(6)18(3)4/h9-22H,1-8H3,(H,35,39)(H,36,40)(H,37,41)(H,38,42). The van der Waals surface area contributed by atoms with Crippen LogP contribution in [0.4, 0.5) is 0 Å². The number of benzene rings is 2. The largest absolute Gasteiger partial charge is 0.449 e. The van der Waals surface area contributed by atoms with E-state index in [0.29, 0.717) is 34.6 Å². The molecule has 2 amide bonds. The summed E-state index contributed by atoms with van der Waals surface area (Å²) in [5.74, 6) is 4.12. The van der Waals surface area contributed by atoms with E-state index in [1.165, 1.54) is 0 Å². The van der Waals surface area contributed by atoms with E-state index in [4.69, 9.17) is 9.47 Å². The molecule has 0 radical (unpaired) electrons. The maximum Gasteiger partial charge on any atom is 0.223 e.